The lowest BCUT2D eigenvalue weighted by Gasteiger charge is -1.99. The molecule has 0 amide bonds. The highest BCUT2D eigenvalue weighted by Gasteiger charge is 2.10. The number of hydrogen-bond donors (Lipinski definition) is 1. The topological polar surface area (TPSA) is 58.9 Å². The number of benzene rings is 1. The van der Waals surface area contributed by atoms with Gasteiger partial charge in [0.05, 0.1) is 10.4 Å². The molecule has 0 aliphatic heterocycles. The molecule has 1 heterocycles. The summed E-state index contributed by atoms with van der Waals surface area (Å²) < 4.78 is 0. The first-order valence-corrected chi connectivity index (χ1v) is 5.63. The van der Waals surface area contributed by atoms with Crippen molar-refractivity contribution in [2.45, 2.75) is 19.8 Å². The van der Waals surface area contributed by atoms with Crippen molar-refractivity contribution in [3.8, 4) is 0 Å². The summed E-state index contributed by atoms with van der Waals surface area (Å²) in [4.78, 5) is 13.7. The summed E-state index contributed by atoms with van der Waals surface area (Å²) in [6.07, 6.45) is 4.76. The number of aromatic amines is 1. The second-order valence-corrected chi connectivity index (χ2v) is 3.93. The minimum atomic E-state index is -0.300. The first-order chi connectivity index (χ1) is 8.22. The van der Waals surface area contributed by atoms with E-state index in [1.165, 1.54) is 0 Å². The van der Waals surface area contributed by atoms with Gasteiger partial charge in [0.15, 0.2) is 0 Å². The molecule has 0 bridgehead atoms. The van der Waals surface area contributed by atoms with Gasteiger partial charge in [-0.1, -0.05) is 25.1 Å². The molecule has 17 heavy (non-hydrogen) atoms. The summed E-state index contributed by atoms with van der Waals surface area (Å²) in [5.41, 5.74) is 2.07. The molecular formula is C13H14N2O2. The standard InChI is InChI=1S/C13H14N2O2/c1-2-4-12(15(16)17)9-11-6-3-5-10-7-8-14-13(10)11/h3,5-9,14H,2,4H2,1H3/b12-9-. The molecule has 0 spiro atoms. The monoisotopic (exact) mass is 230 g/mol. The van der Waals surface area contributed by atoms with Crippen LogP contribution in [0.2, 0.25) is 0 Å². The second-order valence-electron chi connectivity index (χ2n) is 3.93. The number of hydrogen-bond acceptors (Lipinski definition) is 2. The van der Waals surface area contributed by atoms with Crippen molar-refractivity contribution in [2.24, 2.45) is 0 Å². The number of nitrogens with zero attached hydrogens (tertiary/aromatic N) is 1. The summed E-state index contributed by atoms with van der Waals surface area (Å²) in [7, 11) is 0. The fourth-order valence-corrected chi connectivity index (χ4v) is 1.88. The van der Waals surface area contributed by atoms with E-state index < -0.39 is 0 Å². The van der Waals surface area contributed by atoms with Gasteiger partial charge in [-0.25, -0.2) is 0 Å². The molecule has 0 fully saturated rings. The van der Waals surface area contributed by atoms with Crippen LogP contribution in [0.25, 0.3) is 17.0 Å². The molecule has 0 saturated heterocycles. The molecule has 1 N–H and O–H groups in total. The first kappa shape index (κ1) is 11.4. The third-order valence-corrected chi connectivity index (χ3v) is 2.68. The summed E-state index contributed by atoms with van der Waals surface area (Å²) >= 11 is 0. The molecule has 1 aromatic carbocycles. The van der Waals surface area contributed by atoms with Crippen LogP contribution in [-0.2, 0) is 0 Å². The Labute approximate surface area is 99.1 Å². The molecule has 0 unspecified atom stereocenters. The van der Waals surface area contributed by atoms with Gasteiger partial charge in [0.25, 0.3) is 0 Å². The molecule has 2 rings (SSSR count). The average Bonchev–Trinajstić information content (AvgIpc) is 2.77. The lowest BCUT2D eigenvalue weighted by Crippen LogP contribution is -1.98. The summed E-state index contributed by atoms with van der Waals surface area (Å²) in [6.45, 7) is 1.94. The van der Waals surface area contributed by atoms with Crippen molar-refractivity contribution in [3.05, 3.63) is 51.8 Å². The molecule has 4 heteroatoms. The summed E-state index contributed by atoms with van der Waals surface area (Å²) in [6, 6.07) is 7.73. The lowest BCUT2D eigenvalue weighted by atomic mass is 10.1. The van der Waals surface area contributed by atoms with Gasteiger partial charge in [0.2, 0.25) is 5.70 Å². The predicted octanol–water partition coefficient (Wildman–Crippen LogP) is 3.59. The normalized spacial score (nSPS) is 11.9. The van der Waals surface area contributed by atoms with E-state index in [0.29, 0.717) is 6.42 Å². The molecule has 1 aromatic heterocycles. The number of aromatic nitrogens is 1. The molecule has 88 valence electrons. The third-order valence-electron chi connectivity index (χ3n) is 2.68. The Morgan fingerprint density at radius 3 is 3.00 bits per heavy atom. The van der Waals surface area contributed by atoms with Crippen LogP contribution in [0.15, 0.2) is 36.2 Å². The highest BCUT2D eigenvalue weighted by molar-refractivity contribution is 5.87. The fraction of sp³-hybridized carbons (Fsp3) is 0.231. The number of nitro groups is 1. The number of allylic oxidation sites excluding steroid dienone is 1. The van der Waals surface area contributed by atoms with Crippen molar-refractivity contribution in [3.63, 3.8) is 0 Å². The van der Waals surface area contributed by atoms with Crippen LogP contribution in [0.3, 0.4) is 0 Å². The second kappa shape index (κ2) is 4.82. The zero-order valence-electron chi connectivity index (χ0n) is 9.64. The van der Waals surface area contributed by atoms with Crippen molar-refractivity contribution in [1.82, 2.24) is 4.98 Å². The van der Waals surface area contributed by atoms with E-state index in [4.69, 9.17) is 0 Å². The lowest BCUT2D eigenvalue weighted by molar-refractivity contribution is -0.426. The van der Waals surface area contributed by atoms with Gasteiger partial charge in [-0.15, -0.1) is 0 Å². The Morgan fingerprint density at radius 1 is 1.47 bits per heavy atom. The first-order valence-electron chi connectivity index (χ1n) is 5.63. The summed E-state index contributed by atoms with van der Waals surface area (Å²) in [5, 5.41) is 12.0. The van der Waals surface area contributed by atoms with E-state index in [1.807, 2.05) is 37.4 Å². The van der Waals surface area contributed by atoms with Gasteiger partial charge in [-0.3, -0.25) is 10.1 Å². The van der Waals surface area contributed by atoms with Gasteiger partial charge in [-0.05, 0) is 17.9 Å². The number of fused-ring (bicyclic) bond motifs is 1. The van der Waals surface area contributed by atoms with E-state index in [-0.39, 0.29) is 10.6 Å². The number of H-pyrrole nitrogens is 1. The Bertz CT molecular complexity index is 570. The molecule has 0 atom stereocenters. The van der Waals surface area contributed by atoms with Crippen LogP contribution in [-0.4, -0.2) is 9.91 Å². The molecule has 0 saturated carbocycles. The van der Waals surface area contributed by atoms with Crippen LogP contribution in [0, 0.1) is 10.1 Å². The number of nitrogens with one attached hydrogen (secondary N) is 1. The number of para-hydroxylation sites is 1. The largest absolute Gasteiger partial charge is 0.361 e. The number of rotatable bonds is 4. The zero-order valence-corrected chi connectivity index (χ0v) is 9.64. The third kappa shape index (κ3) is 2.36. The molecule has 2 aromatic rings. The van der Waals surface area contributed by atoms with Crippen molar-refractivity contribution in [1.29, 1.82) is 0 Å². The van der Waals surface area contributed by atoms with Gasteiger partial charge in [-0.2, -0.15) is 0 Å². The van der Waals surface area contributed by atoms with Crippen LogP contribution < -0.4 is 0 Å². The quantitative estimate of drug-likeness (QED) is 0.644. The highest BCUT2D eigenvalue weighted by Crippen LogP contribution is 2.20. The van der Waals surface area contributed by atoms with Crippen molar-refractivity contribution in [2.75, 3.05) is 0 Å². The molecule has 0 aliphatic rings. The Morgan fingerprint density at radius 2 is 2.29 bits per heavy atom. The maximum atomic E-state index is 10.9. The van der Waals surface area contributed by atoms with Crippen LogP contribution in [0.4, 0.5) is 0 Å². The van der Waals surface area contributed by atoms with E-state index in [9.17, 15) is 10.1 Å². The van der Waals surface area contributed by atoms with Gasteiger partial charge < -0.3 is 4.98 Å². The maximum Gasteiger partial charge on any atom is 0.246 e. The summed E-state index contributed by atoms with van der Waals surface area (Å²) in [5.74, 6) is 0. The van der Waals surface area contributed by atoms with E-state index in [1.54, 1.807) is 6.08 Å². The van der Waals surface area contributed by atoms with E-state index in [0.717, 1.165) is 22.9 Å². The Kier molecular flexibility index (Phi) is 3.23. The Balaban J connectivity index is 2.48. The maximum absolute atomic E-state index is 10.9. The fourth-order valence-electron chi connectivity index (χ4n) is 1.88. The van der Waals surface area contributed by atoms with E-state index >= 15 is 0 Å². The zero-order chi connectivity index (χ0) is 12.3. The van der Waals surface area contributed by atoms with Crippen molar-refractivity contribution >= 4 is 17.0 Å². The van der Waals surface area contributed by atoms with Crippen LogP contribution in [0.1, 0.15) is 25.3 Å². The van der Waals surface area contributed by atoms with Crippen molar-refractivity contribution < 1.29 is 4.92 Å². The molecule has 0 aliphatic carbocycles. The van der Waals surface area contributed by atoms with Crippen LogP contribution >= 0.6 is 0 Å². The van der Waals surface area contributed by atoms with Crippen LogP contribution in [0.5, 0.6) is 0 Å². The average molecular weight is 230 g/mol. The molecular weight excluding hydrogens is 216 g/mol. The smallest absolute Gasteiger partial charge is 0.246 e. The SMILES string of the molecule is CCC/C(=C/c1cccc2cc[nH]c12)[N+](=O)[O-]. The van der Waals surface area contributed by atoms with Gasteiger partial charge in [0, 0.05) is 24.3 Å². The minimum Gasteiger partial charge on any atom is -0.361 e. The Hall–Kier alpha value is -2.10. The highest BCUT2D eigenvalue weighted by atomic mass is 16.6. The minimum absolute atomic E-state index is 0.259. The molecule has 0 radical (unpaired) electrons. The predicted molar refractivity (Wildman–Crippen MR) is 68.2 cm³/mol. The molecule has 4 nitrogen and oxygen atoms in total. The van der Waals surface area contributed by atoms with Gasteiger partial charge in [0.1, 0.15) is 0 Å². The van der Waals surface area contributed by atoms with E-state index in [2.05, 4.69) is 4.98 Å². The van der Waals surface area contributed by atoms with Gasteiger partial charge >= 0.3 is 0 Å².